The van der Waals surface area contributed by atoms with Crippen molar-refractivity contribution in [2.45, 2.75) is 18.8 Å². The van der Waals surface area contributed by atoms with Crippen molar-refractivity contribution in [3.63, 3.8) is 0 Å². The van der Waals surface area contributed by atoms with Gasteiger partial charge in [0.25, 0.3) is 5.56 Å². The summed E-state index contributed by atoms with van der Waals surface area (Å²) in [6.07, 6.45) is 4.58. The third-order valence-corrected chi connectivity index (χ3v) is 5.91. The number of carbonyl (C=O) groups excluding carboxylic acids is 1. The van der Waals surface area contributed by atoms with Gasteiger partial charge in [-0.2, -0.15) is 0 Å². The molecular formula is C25H19F4N5O2. The van der Waals surface area contributed by atoms with Crippen molar-refractivity contribution < 1.29 is 22.4 Å². The van der Waals surface area contributed by atoms with E-state index in [4.69, 9.17) is 0 Å². The fourth-order valence-corrected chi connectivity index (χ4v) is 4.01. The van der Waals surface area contributed by atoms with E-state index in [0.29, 0.717) is 34.3 Å². The first-order chi connectivity index (χ1) is 17.2. The smallest absolute Gasteiger partial charge is 0.323 e. The third-order valence-electron chi connectivity index (χ3n) is 5.91. The maximum absolute atomic E-state index is 14.9. The van der Waals surface area contributed by atoms with E-state index in [-0.39, 0.29) is 17.3 Å². The number of benzene rings is 2. The quantitative estimate of drug-likeness (QED) is 0.318. The minimum atomic E-state index is -1.11. The zero-order valence-electron chi connectivity index (χ0n) is 18.8. The first-order valence-electron chi connectivity index (χ1n) is 11.0. The summed E-state index contributed by atoms with van der Waals surface area (Å²) in [6.45, 7) is 0. The van der Waals surface area contributed by atoms with Crippen LogP contribution in [-0.4, -0.2) is 22.6 Å². The number of rotatable bonds is 5. The van der Waals surface area contributed by atoms with Crippen LogP contribution in [0.25, 0.3) is 16.5 Å². The molecule has 2 aromatic heterocycles. The van der Waals surface area contributed by atoms with Gasteiger partial charge in [-0.1, -0.05) is 0 Å². The number of nitrogens with zero attached hydrogens (tertiary/aromatic N) is 2. The molecule has 5 rings (SSSR count). The van der Waals surface area contributed by atoms with Crippen molar-refractivity contribution in [1.82, 2.24) is 9.55 Å². The molecule has 3 N–H and O–H groups in total. The van der Waals surface area contributed by atoms with Crippen LogP contribution in [0.3, 0.4) is 0 Å². The number of pyridine rings is 2. The van der Waals surface area contributed by atoms with Crippen LogP contribution in [0.2, 0.25) is 0 Å². The topological polar surface area (TPSA) is 88.0 Å². The van der Waals surface area contributed by atoms with Gasteiger partial charge >= 0.3 is 6.03 Å². The molecule has 0 bridgehead atoms. The van der Waals surface area contributed by atoms with Crippen LogP contribution < -0.4 is 21.5 Å². The van der Waals surface area contributed by atoms with E-state index in [0.717, 1.165) is 35.6 Å². The molecule has 184 valence electrons. The van der Waals surface area contributed by atoms with Crippen LogP contribution >= 0.6 is 0 Å². The van der Waals surface area contributed by atoms with E-state index in [1.54, 1.807) is 19.3 Å². The van der Waals surface area contributed by atoms with E-state index in [1.165, 1.54) is 6.20 Å². The first-order valence-corrected chi connectivity index (χ1v) is 11.0. The number of hydrogen-bond donors (Lipinski definition) is 3. The fraction of sp³-hybridized carbons (Fsp3) is 0.160. The van der Waals surface area contributed by atoms with Crippen molar-refractivity contribution in [2.75, 3.05) is 23.0 Å². The number of halogens is 4. The van der Waals surface area contributed by atoms with E-state index < -0.39 is 40.5 Å². The molecule has 0 unspecified atom stereocenters. The van der Waals surface area contributed by atoms with Crippen LogP contribution in [-0.2, 0) is 0 Å². The van der Waals surface area contributed by atoms with Crippen molar-refractivity contribution in [2.24, 2.45) is 0 Å². The lowest BCUT2D eigenvalue weighted by atomic mass is 10.0. The van der Waals surface area contributed by atoms with E-state index in [9.17, 15) is 27.2 Å². The Morgan fingerprint density at radius 1 is 0.972 bits per heavy atom. The van der Waals surface area contributed by atoms with Crippen molar-refractivity contribution in [3.8, 4) is 5.69 Å². The average molecular weight is 497 g/mol. The van der Waals surface area contributed by atoms with Crippen molar-refractivity contribution in [3.05, 3.63) is 88.0 Å². The highest BCUT2D eigenvalue weighted by Gasteiger charge is 2.30. The molecule has 11 heteroatoms. The Morgan fingerprint density at radius 3 is 2.39 bits per heavy atom. The summed E-state index contributed by atoms with van der Waals surface area (Å²) in [5.74, 6) is -3.41. The number of nitrogens with one attached hydrogen (secondary N) is 3. The maximum Gasteiger partial charge on any atom is 0.323 e. The molecule has 4 aromatic rings. The third kappa shape index (κ3) is 4.35. The second kappa shape index (κ2) is 8.99. The molecule has 0 radical (unpaired) electrons. The molecule has 0 atom stereocenters. The van der Waals surface area contributed by atoms with Gasteiger partial charge in [0.2, 0.25) is 0 Å². The van der Waals surface area contributed by atoms with Gasteiger partial charge < -0.3 is 16.0 Å². The fourth-order valence-electron chi connectivity index (χ4n) is 4.01. The molecule has 0 aliphatic heterocycles. The highest BCUT2D eigenvalue weighted by Crippen LogP contribution is 2.42. The summed E-state index contributed by atoms with van der Waals surface area (Å²) in [5, 5.41) is 8.50. The molecule has 2 heterocycles. The second-order valence-corrected chi connectivity index (χ2v) is 8.39. The summed E-state index contributed by atoms with van der Waals surface area (Å²) >= 11 is 0. The van der Waals surface area contributed by atoms with Gasteiger partial charge in [-0.3, -0.25) is 9.36 Å². The largest absolute Gasteiger partial charge is 0.373 e. The van der Waals surface area contributed by atoms with E-state index in [2.05, 4.69) is 20.9 Å². The number of amides is 2. The van der Waals surface area contributed by atoms with Crippen molar-refractivity contribution >= 4 is 34.0 Å². The Labute approximate surface area is 201 Å². The molecule has 0 spiro atoms. The van der Waals surface area contributed by atoms with Crippen LogP contribution in [0.4, 0.5) is 39.5 Å². The van der Waals surface area contributed by atoms with Gasteiger partial charge in [-0.15, -0.1) is 0 Å². The lowest BCUT2D eigenvalue weighted by Crippen LogP contribution is -2.24. The highest BCUT2D eigenvalue weighted by molar-refractivity contribution is 6.00. The Bertz CT molecular complexity index is 1580. The molecule has 0 saturated heterocycles. The highest BCUT2D eigenvalue weighted by atomic mass is 19.1. The molecule has 1 aliphatic rings. The van der Waals surface area contributed by atoms with Gasteiger partial charge in [0.1, 0.15) is 29.1 Å². The van der Waals surface area contributed by atoms with Gasteiger partial charge in [0.15, 0.2) is 0 Å². The van der Waals surface area contributed by atoms with Crippen LogP contribution in [0, 0.1) is 23.3 Å². The minimum absolute atomic E-state index is 0.0112. The SMILES string of the molecule is CNc1cc2c(C3CC3)c(=O)n(-c3cc(NC(=O)Nc4ccc(F)cc4F)c(F)cc3F)cc2cn1. The number of urea groups is 1. The van der Waals surface area contributed by atoms with Gasteiger partial charge in [0.05, 0.1) is 17.1 Å². The number of fused-ring (bicyclic) bond motifs is 1. The Balaban J connectivity index is 1.54. The number of carbonyl (C=O) groups is 1. The predicted octanol–water partition coefficient (Wildman–Crippen LogP) is 5.51. The van der Waals surface area contributed by atoms with E-state index >= 15 is 0 Å². The van der Waals surface area contributed by atoms with Crippen LogP contribution in [0.15, 0.2) is 53.6 Å². The Kier molecular flexibility index (Phi) is 5.83. The molecule has 36 heavy (non-hydrogen) atoms. The van der Waals surface area contributed by atoms with Gasteiger partial charge in [-0.05, 0) is 48.4 Å². The van der Waals surface area contributed by atoms with Crippen molar-refractivity contribution in [1.29, 1.82) is 0 Å². The summed E-state index contributed by atoms with van der Waals surface area (Å²) in [6, 6.07) is 4.73. The number of aromatic nitrogens is 2. The molecule has 1 aliphatic carbocycles. The summed E-state index contributed by atoms with van der Waals surface area (Å²) < 4.78 is 57.4. The maximum atomic E-state index is 14.9. The minimum Gasteiger partial charge on any atom is -0.373 e. The molecule has 7 nitrogen and oxygen atoms in total. The Hall–Kier alpha value is -4.41. The molecule has 2 aromatic carbocycles. The molecule has 1 saturated carbocycles. The monoisotopic (exact) mass is 497 g/mol. The van der Waals surface area contributed by atoms with Gasteiger partial charge in [0, 0.05) is 42.5 Å². The Morgan fingerprint density at radius 2 is 1.69 bits per heavy atom. The molecule has 1 fully saturated rings. The number of hydrogen-bond acceptors (Lipinski definition) is 4. The summed E-state index contributed by atoms with van der Waals surface area (Å²) in [4.78, 5) is 30.0. The van der Waals surface area contributed by atoms with E-state index in [1.807, 2.05) is 0 Å². The molecule has 2 amide bonds. The molecular weight excluding hydrogens is 478 g/mol. The van der Waals surface area contributed by atoms with Crippen LogP contribution in [0.1, 0.15) is 24.3 Å². The normalized spacial score (nSPS) is 13.0. The zero-order valence-corrected chi connectivity index (χ0v) is 18.8. The summed E-state index contributed by atoms with van der Waals surface area (Å²) in [7, 11) is 1.70. The van der Waals surface area contributed by atoms with Gasteiger partial charge in [-0.25, -0.2) is 27.3 Å². The summed E-state index contributed by atoms with van der Waals surface area (Å²) in [5.41, 5.74) is -1.03. The number of anilines is 3. The lowest BCUT2D eigenvalue weighted by molar-refractivity contribution is 0.262. The average Bonchev–Trinajstić information content (AvgIpc) is 3.67. The first kappa shape index (κ1) is 23.3. The second-order valence-electron chi connectivity index (χ2n) is 8.39. The zero-order chi connectivity index (χ0) is 25.6. The lowest BCUT2D eigenvalue weighted by Gasteiger charge is -2.15. The standard InChI is InChI=1S/C25H19F4N5O2/c1-30-22-7-15-13(10-31-22)11-34(24(35)23(15)12-2-3-12)21-9-20(17(28)8-18(21)29)33-25(36)32-19-5-4-14(26)6-16(19)27/h4-12,30H,2-3H2,1H3,(H2,32,33,36). The van der Waals surface area contributed by atoms with Crippen LogP contribution in [0.5, 0.6) is 0 Å². The predicted molar refractivity (Wildman–Crippen MR) is 128 cm³/mol.